The second kappa shape index (κ2) is 11.1. The third kappa shape index (κ3) is 5.37. The molecule has 0 radical (unpaired) electrons. The number of aromatic amines is 1. The predicted molar refractivity (Wildman–Crippen MR) is 158 cm³/mol. The Kier molecular flexibility index (Phi) is 7.26. The number of rotatable bonds is 5. The summed E-state index contributed by atoms with van der Waals surface area (Å²) >= 11 is 6.38. The van der Waals surface area contributed by atoms with Crippen LogP contribution >= 0.6 is 11.6 Å². The molecule has 2 aliphatic rings. The molecular formula is C31H31ClN4O3. The zero-order valence-electron chi connectivity index (χ0n) is 21.7. The molecular weight excluding hydrogens is 512 g/mol. The van der Waals surface area contributed by atoms with Gasteiger partial charge in [0, 0.05) is 59.0 Å². The molecule has 39 heavy (non-hydrogen) atoms. The highest BCUT2D eigenvalue weighted by Gasteiger charge is 2.29. The molecule has 0 spiro atoms. The summed E-state index contributed by atoms with van der Waals surface area (Å²) in [5.41, 5.74) is 4.85. The van der Waals surface area contributed by atoms with Crippen molar-refractivity contribution in [2.45, 2.75) is 12.8 Å². The van der Waals surface area contributed by atoms with E-state index in [9.17, 15) is 9.59 Å². The number of morpholine rings is 1. The second-order valence-electron chi connectivity index (χ2n) is 10.2. The zero-order valence-corrected chi connectivity index (χ0v) is 22.4. The number of anilines is 3. The normalized spacial score (nSPS) is 17.8. The molecule has 4 aromatic rings. The Labute approximate surface area is 232 Å². The number of nitrogens with one attached hydrogen (secondary N) is 2. The molecule has 0 bridgehead atoms. The fraction of sp³-hybridized carbons (Fsp3) is 0.290. The number of piperidine rings is 1. The number of hydrogen-bond donors (Lipinski definition) is 2. The van der Waals surface area contributed by atoms with E-state index in [0.717, 1.165) is 72.5 Å². The Morgan fingerprint density at radius 1 is 0.949 bits per heavy atom. The van der Waals surface area contributed by atoms with Crippen molar-refractivity contribution in [3.63, 3.8) is 0 Å². The Hall–Kier alpha value is -3.81. The van der Waals surface area contributed by atoms with Gasteiger partial charge in [0.15, 0.2) is 0 Å². The van der Waals surface area contributed by atoms with Crippen molar-refractivity contribution in [2.24, 2.45) is 5.92 Å². The molecule has 2 fully saturated rings. The first kappa shape index (κ1) is 25.5. The van der Waals surface area contributed by atoms with E-state index in [1.165, 1.54) is 0 Å². The lowest BCUT2D eigenvalue weighted by Crippen LogP contribution is -2.43. The van der Waals surface area contributed by atoms with Crippen molar-refractivity contribution >= 4 is 45.5 Å². The fourth-order valence-electron chi connectivity index (χ4n) is 5.67. The van der Waals surface area contributed by atoms with E-state index in [1.54, 1.807) is 6.07 Å². The molecule has 0 unspecified atom stereocenters. The van der Waals surface area contributed by atoms with Gasteiger partial charge in [-0.1, -0.05) is 41.9 Å². The zero-order chi connectivity index (χ0) is 26.8. The van der Waals surface area contributed by atoms with Gasteiger partial charge in [-0.05, 0) is 60.9 Å². The molecule has 6 rings (SSSR count). The molecule has 0 saturated carbocycles. The summed E-state index contributed by atoms with van der Waals surface area (Å²) in [6, 6.07) is 23.4. The van der Waals surface area contributed by atoms with Crippen molar-refractivity contribution in [3.8, 4) is 11.1 Å². The monoisotopic (exact) mass is 542 g/mol. The lowest BCUT2D eigenvalue weighted by Gasteiger charge is -2.34. The Balaban J connectivity index is 1.26. The summed E-state index contributed by atoms with van der Waals surface area (Å²) in [6.07, 6.45) is 1.58. The van der Waals surface area contributed by atoms with E-state index < -0.39 is 0 Å². The number of nitrogens with zero attached hydrogens (tertiary/aromatic N) is 2. The van der Waals surface area contributed by atoms with Gasteiger partial charge in [0.25, 0.3) is 5.56 Å². The molecule has 200 valence electrons. The molecule has 2 aliphatic heterocycles. The quantitative estimate of drug-likeness (QED) is 0.346. The molecule has 2 saturated heterocycles. The Morgan fingerprint density at radius 3 is 2.49 bits per heavy atom. The van der Waals surface area contributed by atoms with Crippen LogP contribution in [0.3, 0.4) is 0 Å². The van der Waals surface area contributed by atoms with Gasteiger partial charge in [-0.25, -0.2) is 0 Å². The largest absolute Gasteiger partial charge is 0.378 e. The highest BCUT2D eigenvalue weighted by atomic mass is 35.5. The topological polar surface area (TPSA) is 77.7 Å². The fourth-order valence-corrected chi connectivity index (χ4v) is 5.84. The van der Waals surface area contributed by atoms with Crippen molar-refractivity contribution in [2.75, 3.05) is 54.5 Å². The number of amides is 1. The molecule has 3 aromatic carbocycles. The van der Waals surface area contributed by atoms with Crippen molar-refractivity contribution in [1.82, 2.24) is 4.98 Å². The first-order valence-electron chi connectivity index (χ1n) is 13.5. The number of carbonyl (C=O) groups excluding carboxylic acids is 1. The van der Waals surface area contributed by atoms with Crippen molar-refractivity contribution in [1.29, 1.82) is 0 Å². The molecule has 7 nitrogen and oxygen atoms in total. The standard InChI is InChI=1S/C31H31ClN4O3/c32-23-8-13-27-26(19-23)28(21-5-2-1-3-6-21)29(31(38)34-27)36-14-4-7-22(20-36)30(37)33-24-9-11-25(12-10-24)35-15-17-39-18-16-35/h1-3,5-6,8-13,19,22H,4,7,14-18,20H2,(H,33,37)(H,34,38)/t22-/m1/s1. The molecule has 1 atom stereocenters. The van der Waals surface area contributed by atoms with Crippen molar-refractivity contribution < 1.29 is 9.53 Å². The van der Waals surface area contributed by atoms with Gasteiger partial charge in [0.2, 0.25) is 5.91 Å². The lowest BCUT2D eigenvalue weighted by molar-refractivity contribution is -0.120. The number of hydrogen-bond acceptors (Lipinski definition) is 5. The van der Waals surface area contributed by atoms with Gasteiger partial charge in [0.05, 0.1) is 19.1 Å². The van der Waals surface area contributed by atoms with Crippen LogP contribution in [-0.4, -0.2) is 50.3 Å². The third-order valence-corrected chi connectivity index (χ3v) is 7.87. The number of ether oxygens (including phenoxy) is 1. The van der Waals surface area contributed by atoms with Crippen LogP contribution in [-0.2, 0) is 9.53 Å². The van der Waals surface area contributed by atoms with Gasteiger partial charge >= 0.3 is 0 Å². The highest BCUT2D eigenvalue weighted by Crippen LogP contribution is 2.37. The van der Waals surface area contributed by atoms with E-state index in [1.807, 2.05) is 66.7 Å². The molecule has 3 heterocycles. The number of H-pyrrole nitrogens is 1. The minimum absolute atomic E-state index is 0.0275. The van der Waals surface area contributed by atoms with Gasteiger partial charge in [-0.3, -0.25) is 9.59 Å². The summed E-state index contributed by atoms with van der Waals surface area (Å²) in [4.78, 5) is 34.3. The number of benzene rings is 3. The SMILES string of the molecule is O=C(Nc1ccc(N2CCOCC2)cc1)[C@@H]1CCCN(c2c(-c3ccccc3)c3cc(Cl)ccc3[nH]c2=O)C1. The van der Waals surface area contributed by atoms with E-state index in [0.29, 0.717) is 23.8 Å². The van der Waals surface area contributed by atoms with Gasteiger partial charge in [0.1, 0.15) is 5.69 Å². The molecule has 1 amide bonds. The van der Waals surface area contributed by atoms with Crippen LogP contribution in [0.5, 0.6) is 0 Å². The second-order valence-corrected chi connectivity index (χ2v) is 10.6. The Morgan fingerprint density at radius 2 is 1.72 bits per heavy atom. The van der Waals surface area contributed by atoms with E-state index >= 15 is 0 Å². The molecule has 2 N–H and O–H groups in total. The average molecular weight is 543 g/mol. The van der Waals surface area contributed by atoms with Gasteiger partial charge in [-0.2, -0.15) is 0 Å². The Bertz CT molecular complexity index is 1530. The van der Waals surface area contributed by atoms with Crippen LogP contribution in [0.1, 0.15) is 12.8 Å². The average Bonchev–Trinajstić information content (AvgIpc) is 2.98. The van der Waals surface area contributed by atoms with Crippen LogP contribution in [0.2, 0.25) is 5.02 Å². The first-order chi connectivity index (χ1) is 19.1. The predicted octanol–water partition coefficient (Wildman–Crippen LogP) is 5.54. The number of halogens is 1. The van der Waals surface area contributed by atoms with Crippen LogP contribution in [0, 0.1) is 5.92 Å². The maximum Gasteiger partial charge on any atom is 0.272 e. The first-order valence-corrected chi connectivity index (χ1v) is 13.8. The van der Waals surface area contributed by atoms with Crippen LogP contribution in [0.4, 0.5) is 17.1 Å². The number of aromatic nitrogens is 1. The highest BCUT2D eigenvalue weighted by molar-refractivity contribution is 6.31. The van der Waals surface area contributed by atoms with Crippen LogP contribution in [0.15, 0.2) is 77.6 Å². The van der Waals surface area contributed by atoms with E-state index in [2.05, 4.69) is 20.1 Å². The smallest absolute Gasteiger partial charge is 0.272 e. The summed E-state index contributed by atoms with van der Waals surface area (Å²) in [5, 5.41) is 4.59. The molecule has 1 aromatic heterocycles. The van der Waals surface area contributed by atoms with Crippen molar-refractivity contribution in [3.05, 3.63) is 88.2 Å². The van der Waals surface area contributed by atoms with Crippen LogP contribution in [0.25, 0.3) is 22.0 Å². The maximum atomic E-state index is 13.5. The van der Waals surface area contributed by atoms with Crippen LogP contribution < -0.4 is 20.7 Å². The number of fused-ring (bicyclic) bond motifs is 1. The summed E-state index contributed by atoms with van der Waals surface area (Å²) < 4.78 is 5.44. The lowest BCUT2D eigenvalue weighted by atomic mass is 9.93. The molecule has 0 aliphatic carbocycles. The van der Waals surface area contributed by atoms with E-state index in [-0.39, 0.29) is 17.4 Å². The maximum absolute atomic E-state index is 13.5. The minimum Gasteiger partial charge on any atom is -0.378 e. The third-order valence-electron chi connectivity index (χ3n) is 7.63. The molecule has 8 heteroatoms. The summed E-state index contributed by atoms with van der Waals surface area (Å²) in [6.45, 7) is 4.37. The van der Waals surface area contributed by atoms with E-state index in [4.69, 9.17) is 16.3 Å². The summed E-state index contributed by atoms with van der Waals surface area (Å²) in [5.74, 6) is -0.268. The number of pyridine rings is 1. The minimum atomic E-state index is -0.240. The van der Waals surface area contributed by atoms with Gasteiger partial charge < -0.3 is 24.8 Å². The van der Waals surface area contributed by atoms with Gasteiger partial charge in [-0.15, -0.1) is 0 Å². The summed E-state index contributed by atoms with van der Waals surface area (Å²) in [7, 11) is 0. The number of carbonyl (C=O) groups is 1.